The van der Waals surface area contributed by atoms with Crippen LogP contribution in [0.1, 0.15) is 50.7 Å². The monoisotopic (exact) mass is 294 g/mol. The number of methoxy groups -OCH3 is 1. The summed E-state index contributed by atoms with van der Waals surface area (Å²) < 4.78 is 5.10. The molecule has 0 radical (unpaired) electrons. The minimum absolute atomic E-state index is 0.226. The summed E-state index contributed by atoms with van der Waals surface area (Å²) in [6, 6.07) is 0. The van der Waals surface area contributed by atoms with Gasteiger partial charge in [-0.1, -0.05) is 13.8 Å². The van der Waals surface area contributed by atoms with Gasteiger partial charge in [0.1, 0.15) is 5.82 Å². The molecule has 6 heteroatoms. The number of piperidine rings is 1. The second kappa shape index (κ2) is 6.56. The average molecular weight is 294 g/mol. The van der Waals surface area contributed by atoms with E-state index in [1.54, 1.807) is 7.11 Å². The summed E-state index contributed by atoms with van der Waals surface area (Å²) in [5, 5.41) is 7.13. The smallest absolute Gasteiger partial charge is 0.228 e. The van der Waals surface area contributed by atoms with E-state index in [2.05, 4.69) is 15.2 Å². The zero-order valence-corrected chi connectivity index (χ0v) is 13.5. The van der Waals surface area contributed by atoms with Gasteiger partial charge in [-0.2, -0.15) is 5.10 Å². The maximum absolute atomic E-state index is 12.6. The van der Waals surface area contributed by atoms with Gasteiger partial charge in [0.15, 0.2) is 5.82 Å². The zero-order valence-electron chi connectivity index (χ0n) is 13.5. The number of amides is 1. The molecule has 1 amide bonds. The first-order valence-electron chi connectivity index (χ1n) is 7.61. The summed E-state index contributed by atoms with van der Waals surface area (Å²) in [4.78, 5) is 19.0. The van der Waals surface area contributed by atoms with E-state index in [1.807, 2.05) is 25.7 Å². The van der Waals surface area contributed by atoms with Crippen molar-refractivity contribution in [3.63, 3.8) is 0 Å². The van der Waals surface area contributed by atoms with Crippen molar-refractivity contribution < 1.29 is 9.53 Å². The fourth-order valence-electron chi connectivity index (χ4n) is 2.78. The van der Waals surface area contributed by atoms with Crippen molar-refractivity contribution in [1.82, 2.24) is 20.1 Å². The Morgan fingerprint density at radius 1 is 1.43 bits per heavy atom. The van der Waals surface area contributed by atoms with E-state index < -0.39 is 0 Å². The van der Waals surface area contributed by atoms with E-state index in [9.17, 15) is 4.79 Å². The molecule has 0 aliphatic carbocycles. The number of aromatic amines is 1. The molecule has 1 fully saturated rings. The molecular weight excluding hydrogens is 268 g/mol. The van der Waals surface area contributed by atoms with E-state index in [1.165, 1.54) is 0 Å². The number of likely N-dealkylation sites (tertiary alicyclic amines) is 1. The van der Waals surface area contributed by atoms with E-state index >= 15 is 0 Å². The number of nitrogens with one attached hydrogen (secondary N) is 1. The van der Waals surface area contributed by atoms with Gasteiger partial charge >= 0.3 is 0 Å². The van der Waals surface area contributed by atoms with Crippen LogP contribution in [0.25, 0.3) is 0 Å². The van der Waals surface area contributed by atoms with Crippen molar-refractivity contribution in [1.29, 1.82) is 0 Å². The maximum Gasteiger partial charge on any atom is 0.228 e. The summed E-state index contributed by atoms with van der Waals surface area (Å²) in [6.07, 6.45) is 2.62. The van der Waals surface area contributed by atoms with Crippen molar-refractivity contribution in [2.45, 2.75) is 46.0 Å². The third-order valence-electron chi connectivity index (χ3n) is 4.27. The normalized spacial score (nSPS) is 17.2. The van der Waals surface area contributed by atoms with Gasteiger partial charge in [0.25, 0.3) is 0 Å². The Morgan fingerprint density at radius 2 is 2.10 bits per heavy atom. The minimum atomic E-state index is -0.357. The summed E-state index contributed by atoms with van der Waals surface area (Å²) in [5.74, 6) is 2.33. The van der Waals surface area contributed by atoms with Gasteiger partial charge in [-0.3, -0.25) is 9.89 Å². The number of rotatable bonds is 5. The Bertz CT molecular complexity index is 476. The van der Waals surface area contributed by atoms with Crippen molar-refractivity contribution in [3.05, 3.63) is 11.6 Å². The molecule has 1 aromatic heterocycles. The largest absolute Gasteiger partial charge is 0.385 e. The van der Waals surface area contributed by atoms with Crippen LogP contribution in [0, 0.1) is 12.3 Å². The molecule has 1 aliphatic heterocycles. The number of ether oxygens (including phenoxy) is 1. The molecule has 0 aromatic carbocycles. The van der Waals surface area contributed by atoms with Crippen molar-refractivity contribution >= 4 is 5.91 Å². The number of hydrogen-bond acceptors (Lipinski definition) is 4. The van der Waals surface area contributed by atoms with Crippen LogP contribution in [-0.2, 0) is 9.53 Å². The highest BCUT2D eigenvalue weighted by Crippen LogP contribution is 2.30. The number of nitrogens with zero attached hydrogens (tertiary/aromatic N) is 3. The summed E-state index contributed by atoms with van der Waals surface area (Å²) in [6.45, 7) is 8.10. The van der Waals surface area contributed by atoms with Gasteiger partial charge in [0, 0.05) is 38.1 Å². The molecule has 1 aliphatic rings. The molecule has 21 heavy (non-hydrogen) atoms. The van der Waals surface area contributed by atoms with Crippen molar-refractivity contribution in [2.75, 3.05) is 26.8 Å². The SMILES string of the molecule is COCCC(C)(C)C(=O)N1CCC(c2n[nH]c(C)n2)CC1. The highest BCUT2D eigenvalue weighted by Gasteiger charge is 2.34. The third-order valence-corrected chi connectivity index (χ3v) is 4.27. The van der Waals surface area contributed by atoms with Gasteiger partial charge in [-0.15, -0.1) is 0 Å². The highest BCUT2D eigenvalue weighted by atomic mass is 16.5. The van der Waals surface area contributed by atoms with Crippen LogP contribution in [0.5, 0.6) is 0 Å². The number of carbonyl (C=O) groups excluding carboxylic acids is 1. The number of hydrogen-bond donors (Lipinski definition) is 1. The first kappa shape index (κ1) is 15.9. The fourth-order valence-corrected chi connectivity index (χ4v) is 2.78. The van der Waals surface area contributed by atoms with Gasteiger partial charge in [-0.05, 0) is 26.2 Å². The average Bonchev–Trinajstić information content (AvgIpc) is 2.91. The number of aromatic nitrogens is 3. The standard InChI is InChI=1S/C15H26N4O2/c1-11-16-13(18-17-11)12-5-8-19(9-6-12)14(20)15(2,3)7-10-21-4/h12H,5-10H2,1-4H3,(H,16,17,18). The molecule has 118 valence electrons. The lowest BCUT2D eigenvalue weighted by atomic mass is 9.86. The lowest BCUT2D eigenvalue weighted by Crippen LogP contribution is -2.45. The Morgan fingerprint density at radius 3 is 2.62 bits per heavy atom. The van der Waals surface area contributed by atoms with Gasteiger partial charge in [0.05, 0.1) is 0 Å². The molecule has 2 heterocycles. The molecule has 0 bridgehead atoms. The number of aryl methyl sites for hydroxylation is 1. The molecule has 0 atom stereocenters. The van der Waals surface area contributed by atoms with Gasteiger partial charge in [0.2, 0.25) is 5.91 Å². The summed E-state index contributed by atoms with van der Waals surface area (Å²) >= 11 is 0. The quantitative estimate of drug-likeness (QED) is 0.900. The summed E-state index contributed by atoms with van der Waals surface area (Å²) in [5.41, 5.74) is -0.357. The Labute approximate surface area is 126 Å². The molecule has 0 unspecified atom stereocenters. The van der Waals surface area contributed by atoms with E-state index in [-0.39, 0.29) is 11.3 Å². The van der Waals surface area contributed by atoms with E-state index in [0.29, 0.717) is 12.5 Å². The van der Waals surface area contributed by atoms with Crippen LogP contribution in [0.4, 0.5) is 0 Å². The molecule has 1 saturated heterocycles. The molecule has 1 aromatic rings. The lowest BCUT2D eigenvalue weighted by molar-refractivity contribution is -0.142. The van der Waals surface area contributed by atoms with Crippen LogP contribution < -0.4 is 0 Å². The van der Waals surface area contributed by atoms with Gasteiger partial charge in [-0.25, -0.2) is 4.98 Å². The van der Waals surface area contributed by atoms with Crippen LogP contribution in [0.3, 0.4) is 0 Å². The Balaban J connectivity index is 1.90. The number of carbonyl (C=O) groups is 1. The Hall–Kier alpha value is -1.43. The predicted molar refractivity (Wildman–Crippen MR) is 79.9 cm³/mol. The second-order valence-corrected chi connectivity index (χ2v) is 6.47. The van der Waals surface area contributed by atoms with Crippen LogP contribution in [-0.4, -0.2) is 52.8 Å². The van der Waals surface area contributed by atoms with E-state index in [4.69, 9.17) is 4.74 Å². The molecule has 2 rings (SSSR count). The van der Waals surface area contributed by atoms with Crippen molar-refractivity contribution in [3.8, 4) is 0 Å². The van der Waals surface area contributed by atoms with Crippen LogP contribution >= 0.6 is 0 Å². The summed E-state index contributed by atoms with van der Waals surface area (Å²) in [7, 11) is 1.67. The molecule has 6 nitrogen and oxygen atoms in total. The van der Waals surface area contributed by atoms with Crippen LogP contribution in [0.2, 0.25) is 0 Å². The highest BCUT2D eigenvalue weighted by molar-refractivity contribution is 5.82. The molecule has 0 spiro atoms. The van der Waals surface area contributed by atoms with E-state index in [0.717, 1.165) is 44.0 Å². The van der Waals surface area contributed by atoms with Gasteiger partial charge < -0.3 is 9.64 Å². The second-order valence-electron chi connectivity index (χ2n) is 6.47. The third kappa shape index (κ3) is 3.81. The molecule has 1 N–H and O–H groups in total. The lowest BCUT2D eigenvalue weighted by Gasteiger charge is -2.36. The Kier molecular flexibility index (Phi) is 4.98. The topological polar surface area (TPSA) is 71.1 Å². The first-order chi connectivity index (χ1) is 9.94. The predicted octanol–water partition coefficient (Wildman–Crippen LogP) is 1.88. The molecule has 0 saturated carbocycles. The molecular formula is C15H26N4O2. The first-order valence-corrected chi connectivity index (χ1v) is 7.61. The fraction of sp³-hybridized carbons (Fsp3) is 0.800. The zero-order chi connectivity index (χ0) is 15.5. The number of H-pyrrole nitrogens is 1. The minimum Gasteiger partial charge on any atom is -0.385 e. The van der Waals surface area contributed by atoms with Crippen LogP contribution in [0.15, 0.2) is 0 Å². The van der Waals surface area contributed by atoms with Crippen molar-refractivity contribution in [2.24, 2.45) is 5.41 Å². The maximum atomic E-state index is 12.6.